The molecule has 3 heteroatoms. The van der Waals surface area contributed by atoms with Gasteiger partial charge < -0.3 is 4.74 Å². The van der Waals surface area contributed by atoms with Gasteiger partial charge >= 0.3 is 0 Å². The lowest BCUT2D eigenvalue weighted by atomic mass is 10.0. The lowest BCUT2D eigenvalue weighted by Gasteiger charge is -2.16. The van der Waals surface area contributed by atoms with Gasteiger partial charge in [0, 0.05) is 17.2 Å². The molecule has 0 saturated heterocycles. The first-order valence-electron chi connectivity index (χ1n) is 5.24. The summed E-state index contributed by atoms with van der Waals surface area (Å²) in [7, 11) is 1.69. The van der Waals surface area contributed by atoms with E-state index in [1.165, 1.54) is 0 Å². The van der Waals surface area contributed by atoms with Gasteiger partial charge in [0.05, 0.1) is 0 Å². The van der Waals surface area contributed by atoms with E-state index in [4.69, 9.17) is 27.9 Å². The Balaban J connectivity index is 2.33. The Labute approximate surface area is 111 Å². The SMILES string of the molecule is COC(c1ccc(Cl)cc1)c1ccc(Cl)cc1. The summed E-state index contributed by atoms with van der Waals surface area (Å²) in [5, 5.41) is 1.44. The molecule has 2 rings (SSSR count). The van der Waals surface area contributed by atoms with Crippen LogP contribution in [0.1, 0.15) is 17.2 Å². The first kappa shape index (κ1) is 12.4. The highest BCUT2D eigenvalue weighted by Gasteiger charge is 2.12. The van der Waals surface area contributed by atoms with Crippen LogP contribution in [0, 0.1) is 0 Å². The van der Waals surface area contributed by atoms with Crippen molar-refractivity contribution in [3.05, 3.63) is 69.7 Å². The molecule has 2 aromatic rings. The van der Waals surface area contributed by atoms with Crippen molar-refractivity contribution in [1.82, 2.24) is 0 Å². The molecule has 0 aliphatic rings. The van der Waals surface area contributed by atoms with Crippen LogP contribution in [0.15, 0.2) is 48.5 Å². The summed E-state index contributed by atoms with van der Waals surface area (Å²) >= 11 is 11.7. The van der Waals surface area contributed by atoms with Crippen molar-refractivity contribution >= 4 is 23.2 Å². The average molecular weight is 267 g/mol. The molecule has 0 radical (unpaired) electrons. The average Bonchev–Trinajstić information content (AvgIpc) is 2.35. The van der Waals surface area contributed by atoms with Crippen LogP contribution < -0.4 is 0 Å². The van der Waals surface area contributed by atoms with Gasteiger partial charge in [-0.15, -0.1) is 0 Å². The zero-order chi connectivity index (χ0) is 12.3. The second-order valence-corrected chi connectivity index (χ2v) is 4.59. The van der Waals surface area contributed by atoms with E-state index in [0.29, 0.717) is 0 Å². The lowest BCUT2D eigenvalue weighted by molar-refractivity contribution is 0.136. The van der Waals surface area contributed by atoms with Gasteiger partial charge in [-0.25, -0.2) is 0 Å². The minimum absolute atomic E-state index is 0.0930. The van der Waals surface area contributed by atoms with Crippen LogP contribution in [0.5, 0.6) is 0 Å². The fraction of sp³-hybridized carbons (Fsp3) is 0.143. The van der Waals surface area contributed by atoms with Crippen LogP contribution in [0.3, 0.4) is 0 Å². The van der Waals surface area contributed by atoms with Crippen molar-refractivity contribution < 1.29 is 4.74 Å². The number of halogens is 2. The molecule has 0 unspecified atom stereocenters. The van der Waals surface area contributed by atoms with Crippen LogP contribution in [0.4, 0.5) is 0 Å². The predicted octanol–water partition coefficient (Wildman–Crippen LogP) is 4.73. The molecule has 0 fully saturated rings. The molecule has 0 aliphatic heterocycles. The maximum absolute atomic E-state index is 5.87. The Morgan fingerprint density at radius 2 is 1.12 bits per heavy atom. The molecule has 0 atom stereocenters. The Morgan fingerprint density at radius 1 is 0.765 bits per heavy atom. The molecule has 0 bridgehead atoms. The van der Waals surface area contributed by atoms with E-state index < -0.39 is 0 Å². The van der Waals surface area contributed by atoms with Crippen LogP contribution in [-0.4, -0.2) is 7.11 Å². The largest absolute Gasteiger partial charge is 0.372 e. The maximum Gasteiger partial charge on any atom is 0.107 e. The predicted molar refractivity (Wildman–Crippen MR) is 71.8 cm³/mol. The molecule has 0 amide bonds. The van der Waals surface area contributed by atoms with Crippen LogP contribution in [-0.2, 0) is 4.74 Å². The molecular weight excluding hydrogens is 255 g/mol. The van der Waals surface area contributed by atoms with Crippen molar-refractivity contribution in [3.8, 4) is 0 Å². The molecule has 17 heavy (non-hydrogen) atoms. The van der Waals surface area contributed by atoms with Gasteiger partial charge in [-0.3, -0.25) is 0 Å². The highest BCUT2D eigenvalue weighted by atomic mass is 35.5. The van der Waals surface area contributed by atoms with E-state index >= 15 is 0 Å². The number of hydrogen-bond acceptors (Lipinski definition) is 1. The molecule has 0 spiro atoms. The van der Waals surface area contributed by atoms with Crippen molar-refractivity contribution in [2.75, 3.05) is 7.11 Å². The maximum atomic E-state index is 5.87. The van der Waals surface area contributed by atoms with E-state index in [1.807, 2.05) is 48.5 Å². The van der Waals surface area contributed by atoms with Crippen LogP contribution in [0.25, 0.3) is 0 Å². The van der Waals surface area contributed by atoms with Crippen molar-refractivity contribution in [2.24, 2.45) is 0 Å². The minimum Gasteiger partial charge on any atom is -0.372 e. The van der Waals surface area contributed by atoms with E-state index in [-0.39, 0.29) is 6.10 Å². The Hall–Kier alpha value is -1.02. The summed E-state index contributed by atoms with van der Waals surface area (Å²) in [6.07, 6.45) is -0.0930. The van der Waals surface area contributed by atoms with Gasteiger partial charge in [0.15, 0.2) is 0 Å². The molecular formula is C14H12Cl2O. The van der Waals surface area contributed by atoms with E-state index in [2.05, 4.69) is 0 Å². The van der Waals surface area contributed by atoms with Crippen LogP contribution >= 0.6 is 23.2 Å². The second-order valence-electron chi connectivity index (χ2n) is 3.72. The fourth-order valence-corrected chi connectivity index (χ4v) is 1.99. The summed E-state index contributed by atoms with van der Waals surface area (Å²) in [5.74, 6) is 0. The van der Waals surface area contributed by atoms with E-state index in [1.54, 1.807) is 7.11 Å². The van der Waals surface area contributed by atoms with Gasteiger partial charge in [-0.2, -0.15) is 0 Å². The smallest absolute Gasteiger partial charge is 0.107 e. The number of hydrogen-bond donors (Lipinski definition) is 0. The van der Waals surface area contributed by atoms with Gasteiger partial charge in [0.1, 0.15) is 6.10 Å². The van der Waals surface area contributed by atoms with Gasteiger partial charge in [-0.1, -0.05) is 47.5 Å². The molecule has 0 saturated carbocycles. The Morgan fingerprint density at radius 3 is 1.41 bits per heavy atom. The summed E-state index contributed by atoms with van der Waals surface area (Å²) in [5.41, 5.74) is 2.14. The highest BCUT2D eigenvalue weighted by molar-refractivity contribution is 6.30. The third-order valence-corrected chi connectivity index (χ3v) is 3.09. The van der Waals surface area contributed by atoms with Crippen LogP contribution in [0.2, 0.25) is 10.0 Å². The molecule has 2 aromatic carbocycles. The zero-order valence-electron chi connectivity index (χ0n) is 9.36. The fourth-order valence-electron chi connectivity index (χ4n) is 1.74. The number of ether oxygens (including phenoxy) is 1. The summed E-state index contributed by atoms with van der Waals surface area (Å²) in [6, 6.07) is 15.3. The van der Waals surface area contributed by atoms with Crippen molar-refractivity contribution in [2.45, 2.75) is 6.10 Å². The Bertz CT molecular complexity index is 431. The molecule has 88 valence electrons. The zero-order valence-corrected chi connectivity index (χ0v) is 10.9. The van der Waals surface area contributed by atoms with E-state index in [0.717, 1.165) is 21.2 Å². The van der Waals surface area contributed by atoms with Gasteiger partial charge in [0.2, 0.25) is 0 Å². The Kier molecular flexibility index (Phi) is 4.06. The molecule has 0 heterocycles. The number of benzene rings is 2. The second kappa shape index (κ2) is 5.54. The van der Waals surface area contributed by atoms with Gasteiger partial charge in [-0.05, 0) is 35.4 Å². The molecule has 0 aromatic heterocycles. The van der Waals surface area contributed by atoms with Crippen molar-refractivity contribution in [1.29, 1.82) is 0 Å². The van der Waals surface area contributed by atoms with E-state index in [9.17, 15) is 0 Å². The van der Waals surface area contributed by atoms with Crippen molar-refractivity contribution in [3.63, 3.8) is 0 Å². The first-order chi connectivity index (χ1) is 8.20. The summed E-state index contributed by atoms with van der Waals surface area (Å²) < 4.78 is 5.52. The minimum atomic E-state index is -0.0930. The normalized spacial score (nSPS) is 10.8. The highest BCUT2D eigenvalue weighted by Crippen LogP contribution is 2.27. The molecule has 1 nitrogen and oxygen atoms in total. The number of methoxy groups -OCH3 is 1. The topological polar surface area (TPSA) is 9.23 Å². The summed E-state index contributed by atoms with van der Waals surface area (Å²) in [4.78, 5) is 0. The molecule has 0 N–H and O–H groups in total. The number of rotatable bonds is 3. The monoisotopic (exact) mass is 266 g/mol. The standard InChI is InChI=1S/C14H12Cl2O/c1-17-14(10-2-6-12(15)7-3-10)11-4-8-13(16)9-5-11/h2-9,14H,1H3. The quantitative estimate of drug-likeness (QED) is 0.781. The third kappa shape index (κ3) is 3.01. The lowest BCUT2D eigenvalue weighted by Crippen LogP contribution is -2.02. The van der Waals surface area contributed by atoms with Gasteiger partial charge in [0.25, 0.3) is 0 Å². The third-order valence-electron chi connectivity index (χ3n) is 2.58. The summed E-state index contributed by atoms with van der Waals surface area (Å²) in [6.45, 7) is 0. The first-order valence-corrected chi connectivity index (χ1v) is 6.00. The molecule has 0 aliphatic carbocycles.